The Labute approximate surface area is 155 Å². The number of carbonyl (C=O) groups excluding carboxylic acids is 2. The normalized spacial score (nSPS) is 24.6. The molecule has 1 aromatic rings. The lowest BCUT2D eigenvalue weighted by Crippen LogP contribution is -2.47. The molecule has 0 spiro atoms. The summed E-state index contributed by atoms with van der Waals surface area (Å²) >= 11 is 0. The average molecular weight is 363 g/mol. The first-order chi connectivity index (χ1) is 12.2. The molecule has 0 radical (unpaired) electrons. The van der Waals surface area contributed by atoms with Crippen molar-refractivity contribution in [2.75, 3.05) is 13.2 Å². The highest BCUT2D eigenvalue weighted by molar-refractivity contribution is 5.81. The van der Waals surface area contributed by atoms with Crippen LogP contribution in [0.5, 0.6) is 0 Å². The van der Waals surface area contributed by atoms with E-state index in [1.54, 1.807) is 20.8 Å². The number of rotatable bonds is 3. The van der Waals surface area contributed by atoms with Crippen LogP contribution in [0.25, 0.3) is 0 Å². The third-order valence-corrected chi connectivity index (χ3v) is 3.96. The number of benzene rings is 1. The van der Waals surface area contributed by atoms with E-state index in [9.17, 15) is 9.59 Å². The second-order valence-electron chi connectivity index (χ2n) is 7.78. The van der Waals surface area contributed by atoms with Gasteiger partial charge in [0, 0.05) is 6.61 Å². The van der Waals surface area contributed by atoms with E-state index < -0.39 is 23.7 Å². The van der Waals surface area contributed by atoms with Crippen molar-refractivity contribution in [3.8, 4) is 0 Å². The Bertz CT molecular complexity index is 596. The Balaban J connectivity index is 1.96. The zero-order valence-corrected chi connectivity index (χ0v) is 16.0. The van der Waals surface area contributed by atoms with Crippen LogP contribution in [0.4, 0.5) is 4.79 Å². The molecule has 0 aliphatic carbocycles. The SMILES string of the molecule is CC1CC(Cc2ccccc2)COC[C@H](NC(=O)OC(C)(C)C)C(=O)O1. The highest BCUT2D eigenvalue weighted by Crippen LogP contribution is 2.19. The van der Waals surface area contributed by atoms with E-state index in [1.165, 1.54) is 5.56 Å². The zero-order valence-electron chi connectivity index (χ0n) is 16.0. The van der Waals surface area contributed by atoms with E-state index >= 15 is 0 Å². The summed E-state index contributed by atoms with van der Waals surface area (Å²) in [7, 11) is 0. The summed E-state index contributed by atoms with van der Waals surface area (Å²) in [6.45, 7) is 7.73. The van der Waals surface area contributed by atoms with Crippen LogP contribution in [0.3, 0.4) is 0 Å². The van der Waals surface area contributed by atoms with Crippen LogP contribution in [0.15, 0.2) is 30.3 Å². The number of hydrogen-bond donors (Lipinski definition) is 1. The Morgan fingerprint density at radius 3 is 2.58 bits per heavy atom. The molecule has 1 aliphatic heterocycles. The molecule has 0 aromatic heterocycles. The van der Waals surface area contributed by atoms with Gasteiger partial charge < -0.3 is 19.5 Å². The lowest BCUT2D eigenvalue weighted by Gasteiger charge is -2.23. The fourth-order valence-electron chi connectivity index (χ4n) is 2.93. The monoisotopic (exact) mass is 363 g/mol. The molecule has 1 fully saturated rings. The highest BCUT2D eigenvalue weighted by Gasteiger charge is 2.29. The summed E-state index contributed by atoms with van der Waals surface area (Å²) in [4.78, 5) is 24.3. The maximum Gasteiger partial charge on any atom is 0.408 e. The summed E-state index contributed by atoms with van der Waals surface area (Å²) in [5.74, 6) is -0.260. The van der Waals surface area contributed by atoms with Gasteiger partial charge in [-0.1, -0.05) is 30.3 Å². The minimum absolute atomic E-state index is 0.0656. The van der Waals surface area contributed by atoms with Crippen molar-refractivity contribution in [3.63, 3.8) is 0 Å². The van der Waals surface area contributed by atoms with Crippen LogP contribution < -0.4 is 5.32 Å². The van der Waals surface area contributed by atoms with Gasteiger partial charge in [0.1, 0.15) is 5.60 Å². The maximum atomic E-state index is 12.3. The molecule has 6 nitrogen and oxygen atoms in total. The molecule has 1 aliphatic rings. The third-order valence-electron chi connectivity index (χ3n) is 3.96. The van der Waals surface area contributed by atoms with Crippen LogP contribution in [0.1, 0.15) is 39.7 Å². The van der Waals surface area contributed by atoms with Gasteiger partial charge in [-0.05, 0) is 52.0 Å². The molecule has 1 aromatic carbocycles. The standard InChI is InChI=1S/C20H29NO5/c1-14-10-16(11-15-8-6-5-7-9-15)12-24-13-17(18(22)25-14)21-19(23)26-20(2,3)4/h5-9,14,16-17H,10-13H2,1-4H3,(H,21,23)/t14?,16?,17-/m0/s1. The predicted octanol–water partition coefficient (Wildman–Crippen LogP) is 3.09. The van der Waals surface area contributed by atoms with Gasteiger partial charge in [0.25, 0.3) is 0 Å². The first-order valence-electron chi connectivity index (χ1n) is 9.04. The zero-order chi connectivity index (χ0) is 19.2. The number of ether oxygens (including phenoxy) is 3. The number of carbonyl (C=O) groups is 2. The lowest BCUT2D eigenvalue weighted by atomic mass is 9.95. The molecule has 144 valence electrons. The van der Waals surface area contributed by atoms with E-state index in [4.69, 9.17) is 14.2 Å². The van der Waals surface area contributed by atoms with Crippen LogP contribution in [0.2, 0.25) is 0 Å². The summed E-state index contributed by atoms with van der Waals surface area (Å²) < 4.78 is 16.4. The van der Waals surface area contributed by atoms with Crippen LogP contribution in [0, 0.1) is 5.92 Å². The van der Waals surface area contributed by atoms with Crippen LogP contribution in [-0.2, 0) is 25.4 Å². The molecule has 1 saturated heterocycles. The van der Waals surface area contributed by atoms with Crippen molar-refractivity contribution in [3.05, 3.63) is 35.9 Å². The minimum Gasteiger partial charge on any atom is -0.461 e. The largest absolute Gasteiger partial charge is 0.461 e. The topological polar surface area (TPSA) is 73.9 Å². The lowest BCUT2D eigenvalue weighted by molar-refractivity contribution is -0.151. The first kappa shape index (κ1) is 20.2. The van der Waals surface area contributed by atoms with E-state index in [-0.39, 0.29) is 18.6 Å². The Morgan fingerprint density at radius 1 is 1.23 bits per heavy atom. The van der Waals surface area contributed by atoms with Gasteiger partial charge in [-0.3, -0.25) is 0 Å². The number of esters is 1. The van der Waals surface area contributed by atoms with Gasteiger partial charge in [-0.15, -0.1) is 0 Å². The number of amides is 1. The van der Waals surface area contributed by atoms with Gasteiger partial charge >= 0.3 is 12.1 Å². The van der Waals surface area contributed by atoms with Gasteiger partial charge in [-0.2, -0.15) is 0 Å². The molecule has 2 rings (SSSR count). The van der Waals surface area contributed by atoms with Crippen LogP contribution in [-0.4, -0.2) is 43.0 Å². The molecule has 1 heterocycles. The molecule has 1 N–H and O–H groups in total. The molecular weight excluding hydrogens is 334 g/mol. The molecule has 2 unspecified atom stereocenters. The molecule has 0 saturated carbocycles. The summed E-state index contributed by atoms with van der Waals surface area (Å²) in [5.41, 5.74) is 0.587. The Hall–Kier alpha value is -2.08. The van der Waals surface area contributed by atoms with E-state index in [2.05, 4.69) is 17.4 Å². The fraction of sp³-hybridized carbons (Fsp3) is 0.600. The molecule has 26 heavy (non-hydrogen) atoms. The van der Waals surface area contributed by atoms with E-state index in [0.29, 0.717) is 13.0 Å². The second kappa shape index (κ2) is 9.03. The first-order valence-corrected chi connectivity index (χ1v) is 9.04. The van der Waals surface area contributed by atoms with Crippen molar-refractivity contribution in [1.29, 1.82) is 0 Å². The second-order valence-corrected chi connectivity index (χ2v) is 7.78. The summed E-state index contributed by atoms with van der Waals surface area (Å²) in [6.07, 6.45) is 0.656. The summed E-state index contributed by atoms with van der Waals surface area (Å²) in [5, 5.41) is 2.55. The maximum absolute atomic E-state index is 12.3. The van der Waals surface area contributed by atoms with Gasteiger partial charge in [0.15, 0.2) is 6.04 Å². The van der Waals surface area contributed by atoms with Gasteiger partial charge in [0.05, 0.1) is 12.7 Å². The van der Waals surface area contributed by atoms with Crippen LogP contribution >= 0.6 is 0 Å². The van der Waals surface area contributed by atoms with E-state index in [0.717, 1.165) is 6.42 Å². The average Bonchev–Trinajstić information content (AvgIpc) is 2.57. The summed E-state index contributed by atoms with van der Waals surface area (Å²) in [6, 6.07) is 9.29. The van der Waals surface area contributed by atoms with Crippen molar-refractivity contribution < 1.29 is 23.8 Å². The van der Waals surface area contributed by atoms with Crippen molar-refractivity contribution >= 4 is 12.1 Å². The van der Waals surface area contributed by atoms with E-state index in [1.807, 2.05) is 25.1 Å². The minimum atomic E-state index is -0.872. The number of nitrogens with one attached hydrogen (secondary N) is 1. The smallest absolute Gasteiger partial charge is 0.408 e. The van der Waals surface area contributed by atoms with Crippen molar-refractivity contribution in [2.45, 2.75) is 58.3 Å². The fourth-order valence-corrected chi connectivity index (χ4v) is 2.93. The molecule has 1 amide bonds. The quantitative estimate of drug-likeness (QED) is 0.836. The molecule has 0 bridgehead atoms. The Kier molecular flexibility index (Phi) is 7.03. The predicted molar refractivity (Wildman–Crippen MR) is 97.8 cm³/mol. The number of hydrogen-bond acceptors (Lipinski definition) is 5. The van der Waals surface area contributed by atoms with Gasteiger partial charge in [-0.25, -0.2) is 9.59 Å². The molecule has 6 heteroatoms. The Morgan fingerprint density at radius 2 is 1.92 bits per heavy atom. The van der Waals surface area contributed by atoms with Crippen molar-refractivity contribution in [2.24, 2.45) is 5.92 Å². The third kappa shape index (κ3) is 7.04. The molecule has 3 atom stereocenters. The number of cyclic esters (lactones) is 1. The van der Waals surface area contributed by atoms with Crippen molar-refractivity contribution in [1.82, 2.24) is 5.32 Å². The highest BCUT2D eigenvalue weighted by atomic mass is 16.6. The molecular formula is C20H29NO5. The van der Waals surface area contributed by atoms with Gasteiger partial charge in [0.2, 0.25) is 0 Å². The number of alkyl carbamates (subject to hydrolysis) is 1.